The van der Waals surface area contributed by atoms with Gasteiger partial charge in [-0.25, -0.2) is 9.37 Å². The second-order valence-corrected chi connectivity index (χ2v) is 4.16. The average Bonchev–Trinajstić information content (AvgIpc) is 2.35. The van der Waals surface area contributed by atoms with E-state index >= 15 is 0 Å². The summed E-state index contributed by atoms with van der Waals surface area (Å²) in [5.41, 5.74) is 0.641. The van der Waals surface area contributed by atoms with E-state index in [4.69, 9.17) is 16.3 Å². The average molecular weight is 268 g/mol. The van der Waals surface area contributed by atoms with E-state index in [9.17, 15) is 9.50 Å². The van der Waals surface area contributed by atoms with Crippen LogP contribution in [0.3, 0.4) is 0 Å². The standard InChI is InChI=1S/C13H11ClFNO2/c1-8(17)9-5-6-16-12(7-9)18-11-4-2-3-10(14)13(11)15/h2-8,17H,1H3. The van der Waals surface area contributed by atoms with Gasteiger partial charge in [-0.05, 0) is 30.7 Å². The Hall–Kier alpha value is -1.65. The summed E-state index contributed by atoms with van der Waals surface area (Å²) in [6, 6.07) is 7.68. The molecule has 1 unspecified atom stereocenters. The number of nitrogens with zero attached hydrogens (tertiary/aromatic N) is 1. The van der Waals surface area contributed by atoms with Crippen LogP contribution in [0.25, 0.3) is 0 Å². The van der Waals surface area contributed by atoms with Crippen molar-refractivity contribution in [1.29, 1.82) is 0 Å². The maximum Gasteiger partial charge on any atom is 0.219 e. The minimum absolute atomic E-state index is 0.00209. The van der Waals surface area contributed by atoms with Gasteiger partial charge in [-0.1, -0.05) is 17.7 Å². The Kier molecular flexibility index (Phi) is 3.79. The first-order chi connectivity index (χ1) is 8.58. The van der Waals surface area contributed by atoms with Crippen molar-refractivity contribution in [3.05, 3.63) is 52.9 Å². The first-order valence-corrected chi connectivity index (χ1v) is 5.71. The molecule has 1 atom stereocenters. The number of pyridine rings is 1. The van der Waals surface area contributed by atoms with Crippen LogP contribution in [0.4, 0.5) is 4.39 Å². The number of rotatable bonds is 3. The van der Waals surface area contributed by atoms with Crippen LogP contribution in [0.5, 0.6) is 11.6 Å². The van der Waals surface area contributed by atoms with Crippen molar-refractivity contribution in [2.24, 2.45) is 0 Å². The van der Waals surface area contributed by atoms with Crippen molar-refractivity contribution in [1.82, 2.24) is 4.98 Å². The fourth-order valence-corrected chi connectivity index (χ4v) is 1.58. The van der Waals surface area contributed by atoms with E-state index in [1.54, 1.807) is 25.1 Å². The molecular weight excluding hydrogens is 257 g/mol. The minimum atomic E-state index is -0.639. The van der Waals surface area contributed by atoms with Gasteiger partial charge in [0.05, 0.1) is 11.1 Å². The number of hydrogen-bond donors (Lipinski definition) is 1. The number of benzene rings is 1. The quantitative estimate of drug-likeness (QED) is 0.922. The highest BCUT2D eigenvalue weighted by Crippen LogP contribution is 2.28. The molecule has 1 heterocycles. The van der Waals surface area contributed by atoms with E-state index in [1.807, 2.05) is 0 Å². The Morgan fingerprint density at radius 3 is 2.89 bits per heavy atom. The lowest BCUT2D eigenvalue weighted by Crippen LogP contribution is -1.95. The number of halogens is 2. The zero-order valence-electron chi connectivity index (χ0n) is 9.60. The van der Waals surface area contributed by atoms with Gasteiger partial charge in [0, 0.05) is 12.3 Å². The Morgan fingerprint density at radius 2 is 2.17 bits per heavy atom. The van der Waals surface area contributed by atoms with Crippen molar-refractivity contribution < 1.29 is 14.2 Å². The SMILES string of the molecule is CC(O)c1ccnc(Oc2cccc(Cl)c2F)c1. The molecule has 0 saturated heterocycles. The molecule has 0 amide bonds. The molecule has 18 heavy (non-hydrogen) atoms. The molecule has 2 rings (SSSR count). The molecular formula is C13H11ClFNO2. The normalized spacial score (nSPS) is 12.2. The highest BCUT2D eigenvalue weighted by atomic mass is 35.5. The van der Waals surface area contributed by atoms with Gasteiger partial charge in [0.25, 0.3) is 0 Å². The summed E-state index contributed by atoms with van der Waals surface area (Å²) in [5.74, 6) is -0.435. The zero-order chi connectivity index (χ0) is 13.1. The summed E-state index contributed by atoms with van der Waals surface area (Å²) in [6.07, 6.45) is 0.847. The molecule has 5 heteroatoms. The molecule has 94 valence electrons. The molecule has 0 aliphatic rings. The van der Waals surface area contributed by atoms with Crippen molar-refractivity contribution in [3.63, 3.8) is 0 Å². The first-order valence-electron chi connectivity index (χ1n) is 5.34. The fourth-order valence-electron chi connectivity index (χ4n) is 1.42. The predicted molar refractivity (Wildman–Crippen MR) is 66.4 cm³/mol. The van der Waals surface area contributed by atoms with Gasteiger partial charge < -0.3 is 9.84 Å². The molecule has 1 aromatic heterocycles. The van der Waals surface area contributed by atoms with Gasteiger partial charge in [0.1, 0.15) is 0 Å². The number of ether oxygens (including phenoxy) is 1. The summed E-state index contributed by atoms with van der Waals surface area (Å²) < 4.78 is 18.9. The third-order valence-corrected chi connectivity index (χ3v) is 2.66. The van der Waals surface area contributed by atoms with Gasteiger partial charge >= 0.3 is 0 Å². The topological polar surface area (TPSA) is 42.4 Å². The Balaban J connectivity index is 2.28. The number of aromatic nitrogens is 1. The molecule has 0 fully saturated rings. The smallest absolute Gasteiger partial charge is 0.219 e. The summed E-state index contributed by atoms with van der Waals surface area (Å²) in [6.45, 7) is 1.62. The monoisotopic (exact) mass is 267 g/mol. The van der Waals surface area contributed by atoms with Crippen LogP contribution >= 0.6 is 11.6 Å². The maximum atomic E-state index is 13.6. The van der Waals surface area contributed by atoms with Crippen LogP contribution in [0, 0.1) is 5.82 Å². The Bertz CT molecular complexity index is 560. The van der Waals surface area contributed by atoms with Crippen LogP contribution in [0.1, 0.15) is 18.6 Å². The fraction of sp³-hybridized carbons (Fsp3) is 0.154. The maximum absolute atomic E-state index is 13.6. The first kappa shape index (κ1) is 12.8. The van der Waals surface area contributed by atoms with Crippen LogP contribution in [0.15, 0.2) is 36.5 Å². The second-order valence-electron chi connectivity index (χ2n) is 3.76. The van der Waals surface area contributed by atoms with E-state index in [2.05, 4.69) is 4.98 Å². The van der Waals surface area contributed by atoms with E-state index in [-0.39, 0.29) is 16.7 Å². The van der Waals surface area contributed by atoms with Gasteiger partial charge in [0.15, 0.2) is 11.6 Å². The van der Waals surface area contributed by atoms with Crippen molar-refractivity contribution in [2.45, 2.75) is 13.0 Å². The molecule has 0 aliphatic carbocycles. The molecule has 0 saturated carbocycles. The molecule has 0 spiro atoms. The summed E-state index contributed by atoms with van der Waals surface area (Å²) in [7, 11) is 0. The van der Waals surface area contributed by atoms with Crippen LogP contribution in [-0.2, 0) is 0 Å². The lowest BCUT2D eigenvalue weighted by Gasteiger charge is -2.09. The third-order valence-electron chi connectivity index (χ3n) is 2.37. The van der Waals surface area contributed by atoms with Gasteiger partial charge in [-0.3, -0.25) is 0 Å². The lowest BCUT2D eigenvalue weighted by atomic mass is 10.2. The summed E-state index contributed by atoms with van der Waals surface area (Å²) in [4.78, 5) is 3.94. The summed E-state index contributed by atoms with van der Waals surface area (Å²) in [5, 5.41) is 9.42. The van der Waals surface area contributed by atoms with Crippen LogP contribution < -0.4 is 4.74 Å². The number of hydrogen-bond acceptors (Lipinski definition) is 3. The molecule has 3 nitrogen and oxygen atoms in total. The minimum Gasteiger partial charge on any atom is -0.436 e. The van der Waals surface area contributed by atoms with E-state index in [1.165, 1.54) is 18.3 Å². The lowest BCUT2D eigenvalue weighted by molar-refractivity contribution is 0.198. The highest BCUT2D eigenvalue weighted by Gasteiger charge is 2.10. The van der Waals surface area contributed by atoms with Crippen LogP contribution in [-0.4, -0.2) is 10.1 Å². The molecule has 1 N–H and O–H groups in total. The molecule has 1 aromatic carbocycles. The van der Waals surface area contributed by atoms with E-state index in [0.29, 0.717) is 5.56 Å². The van der Waals surface area contributed by atoms with Gasteiger partial charge in [-0.15, -0.1) is 0 Å². The molecule has 0 radical (unpaired) electrons. The molecule has 0 aliphatic heterocycles. The Morgan fingerprint density at radius 1 is 1.39 bits per heavy atom. The summed E-state index contributed by atoms with van der Waals surface area (Å²) >= 11 is 5.65. The number of aliphatic hydroxyl groups is 1. The molecule has 0 bridgehead atoms. The van der Waals surface area contributed by atoms with E-state index < -0.39 is 11.9 Å². The zero-order valence-corrected chi connectivity index (χ0v) is 10.4. The molecule has 2 aromatic rings. The van der Waals surface area contributed by atoms with E-state index in [0.717, 1.165) is 0 Å². The predicted octanol–water partition coefficient (Wildman–Crippen LogP) is 3.72. The van der Waals surface area contributed by atoms with Gasteiger partial charge in [-0.2, -0.15) is 0 Å². The number of aliphatic hydroxyl groups excluding tert-OH is 1. The Labute approximate surface area is 109 Å². The van der Waals surface area contributed by atoms with Gasteiger partial charge in [0.2, 0.25) is 5.88 Å². The van der Waals surface area contributed by atoms with Crippen molar-refractivity contribution in [2.75, 3.05) is 0 Å². The highest BCUT2D eigenvalue weighted by molar-refractivity contribution is 6.30. The van der Waals surface area contributed by atoms with Crippen molar-refractivity contribution in [3.8, 4) is 11.6 Å². The second kappa shape index (κ2) is 5.33. The largest absolute Gasteiger partial charge is 0.436 e. The third kappa shape index (κ3) is 2.78. The van der Waals surface area contributed by atoms with Crippen molar-refractivity contribution >= 4 is 11.6 Å². The van der Waals surface area contributed by atoms with Crippen LogP contribution in [0.2, 0.25) is 5.02 Å².